The Balaban J connectivity index is 4.05. The van der Waals surface area contributed by atoms with Crippen LogP contribution in [0.3, 0.4) is 0 Å². The van der Waals surface area contributed by atoms with Crippen molar-refractivity contribution in [2.24, 2.45) is 23.3 Å². The number of amides is 1. The predicted octanol–water partition coefficient (Wildman–Crippen LogP) is 2.56. The highest BCUT2D eigenvalue weighted by atomic mass is 16.1. The highest BCUT2D eigenvalue weighted by molar-refractivity contribution is 5.86. The van der Waals surface area contributed by atoms with Gasteiger partial charge >= 0.3 is 0 Å². The molecule has 0 aliphatic heterocycles. The molecule has 3 nitrogen and oxygen atoms in total. The minimum atomic E-state index is -0.450. The van der Waals surface area contributed by atoms with Gasteiger partial charge in [-0.2, -0.15) is 0 Å². The molecule has 0 aliphatic carbocycles. The number of allylic oxidation sites excluding steroid dienone is 1. The van der Waals surface area contributed by atoms with Gasteiger partial charge in [-0.25, -0.2) is 0 Å². The van der Waals surface area contributed by atoms with E-state index in [9.17, 15) is 4.79 Å². The van der Waals surface area contributed by atoms with Gasteiger partial charge in [0.15, 0.2) is 0 Å². The van der Waals surface area contributed by atoms with Gasteiger partial charge in [-0.15, -0.1) is 0 Å². The number of carbonyl (C=O) groups is 1. The maximum Gasteiger partial charge on any atom is 0.243 e. The molecule has 2 unspecified atom stereocenters. The molecule has 2 atom stereocenters. The average Bonchev–Trinajstić information content (AvgIpc) is 2.22. The van der Waals surface area contributed by atoms with E-state index in [0.717, 1.165) is 18.8 Å². The first-order chi connectivity index (χ1) is 7.49. The highest BCUT2D eigenvalue weighted by Crippen LogP contribution is 2.22. The van der Waals surface area contributed by atoms with Crippen molar-refractivity contribution in [3.63, 3.8) is 0 Å². The average molecular weight is 226 g/mol. The summed E-state index contributed by atoms with van der Waals surface area (Å²) in [5.74, 6) is 0.897. The van der Waals surface area contributed by atoms with Crippen molar-refractivity contribution < 1.29 is 4.79 Å². The van der Waals surface area contributed by atoms with Crippen LogP contribution in [0.5, 0.6) is 0 Å². The fraction of sp³-hybridized carbons (Fsp3) is 0.769. The van der Waals surface area contributed by atoms with Crippen LogP contribution in [0.2, 0.25) is 0 Å². The van der Waals surface area contributed by atoms with Crippen LogP contribution in [0, 0.1) is 11.8 Å². The molecule has 0 aromatic heterocycles. The smallest absolute Gasteiger partial charge is 0.243 e. The highest BCUT2D eigenvalue weighted by Gasteiger charge is 2.10. The summed E-state index contributed by atoms with van der Waals surface area (Å²) in [5, 5.41) is 0. The molecular formula is C13H26N2O. The summed E-state index contributed by atoms with van der Waals surface area (Å²) in [5.41, 5.74) is 11.4. The van der Waals surface area contributed by atoms with Gasteiger partial charge in [-0.05, 0) is 24.7 Å². The fourth-order valence-electron chi connectivity index (χ4n) is 1.75. The van der Waals surface area contributed by atoms with Gasteiger partial charge in [0.2, 0.25) is 5.91 Å². The number of nitrogens with two attached hydrogens (primary N) is 2. The molecule has 0 heterocycles. The van der Waals surface area contributed by atoms with Gasteiger partial charge in [-0.1, -0.05) is 40.0 Å². The lowest BCUT2D eigenvalue weighted by Crippen LogP contribution is -2.13. The Morgan fingerprint density at radius 3 is 2.25 bits per heavy atom. The second-order valence-electron chi connectivity index (χ2n) is 4.69. The molecule has 0 saturated heterocycles. The Labute approximate surface area is 99.3 Å². The minimum Gasteiger partial charge on any atom is -0.402 e. The van der Waals surface area contributed by atoms with E-state index in [2.05, 4.69) is 20.8 Å². The SMILES string of the molecule is CCC(C)CCC(CC)C/C(N)=C/C(N)=O. The van der Waals surface area contributed by atoms with Crippen LogP contribution < -0.4 is 11.5 Å². The van der Waals surface area contributed by atoms with Crippen LogP contribution in [0.4, 0.5) is 0 Å². The van der Waals surface area contributed by atoms with Gasteiger partial charge in [-0.3, -0.25) is 4.79 Å². The molecule has 0 aromatic rings. The van der Waals surface area contributed by atoms with Gasteiger partial charge < -0.3 is 11.5 Å². The van der Waals surface area contributed by atoms with E-state index in [1.54, 1.807) is 0 Å². The Hall–Kier alpha value is -0.990. The predicted molar refractivity (Wildman–Crippen MR) is 68.6 cm³/mol. The van der Waals surface area contributed by atoms with Crippen molar-refractivity contribution >= 4 is 5.91 Å². The standard InChI is InChI=1S/C13H26N2O/c1-4-10(3)6-7-11(5-2)8-12(14)9-13(15)16/h9-11H,4-8,14H2,1-3H3,(H2,15,16)/b12-9-. The van der Waals surface area contributed by atoms with Gasteiger partial charge in [0, 0.05) is 11.8 Å². The van der Waals surface area contributed by atoms with Gasteiger partial charge in [0.1, 0.15) is 0 Å². The zero-order valence-electron chi connectivity index (χ0n) is 10.8. The van der Waals surface area contributed by atoms with Crippen LogP contribution in [-0.2, 0) is 4.79 Å². The van der Waals surface area contributed by atoms with Crippen molar-refractivity contribution in [2.75, 3.05) is 0 Å². The molecule has 0 radical (unpaired) electrons. The number of hydrogen-bond acceptors (Lipinski definition) is 2. The Bertz CT molecular complexity index is 236. The number of primary amides is 1. The molecule has 0 bridgehead atoms. The van der Waals surface area contributed by atoms with Crippen molar-refractivity contribution in [3.05, 3.63) is 11.8 Å². The summed E-state index contributed by atoms with van der Waals surface area (Å²) in [6, 6.07) is 0. The Morgan fingerprint density at radius 1 is 1.19 bits per heavy atom. The molecule has 0 rings (SSSR count). The summed E-state index contributed by atoms with van der Waals surface area (Å²) in [6.45, 7) is 6.65. The van der Waals surface area contributed by atoms with Gasteiger partial charge in [0.05, 0.1) is 0 Å². The first-order valence-corrected chi connectivity index (χ1v) is 6.25. The summed E-state index contributed by atoms with van der Waals surface area (Å²) >= 11 is 0. The second-order valence-corrected chi connectivity index (χ2v) is 4.69. The van der Waals surface area contributed by atoms with Crippen LogP contribution in [0.1, 0.15) is 52.9 Å². The second kappa shape index (κ2) is 8.20. The van der Waals surface area contributed by atoms with E-state index in [1.165, 1.54) is 25.3 Å². The maximum absolute atomic E-state index is 10.7. The van der Waals surface area contributed by atoms with Crippen LogP contribution in [-0.4, -0.2) is 5.91 Å². The van der Waals surface area contributed by atoms with E-state index >= 15 is 0 Å². The van der Waals surface area contributed by atoms with Crippen LogP contribution >= 0.6 is 0 Å². The molecule has 1 amide bonds. The summed E-state index contributed by atoms with van der Waals surface area (Å²) in [4.78, 5) is 10.7. The summed E-state index contributed by atoms with van der Waals surface area (Å²) in [7, 11) is 0. The fourth-order valence-corrected chi connectivity index (χ4v) is 1.75. The number of rotatable bonds is 8. The Kier molecular flexibility index (Phi) is 7.69. The van der Waals surface area contributed by atoms with Crippen LogP contribution in [0.15, 0.2) is 11.8 Å². The molecule has 3 heteroatoms. The van der Waals surface area contributed by atoms with Crippen molar-refractivity contribution in [1.29, 1.82) is 0 Å². The van der Waals surface area contributed by atoms with E-state index in [0.29, 0.717) is 11.6 Å². The van der Waals surface area contributed by atoms with Crippen molar-refractivity contribution in [1.82, 2.24) is 0 Å². The molecule has 0 fully saturated rings. The molecule has 16 heavy (non-hydrogen) atoms. The zero-order chi connectivity index (χ0) is 12.6. The number of hydrogen-bond donors (Lipinski definition) is 2. The van der Waals surface area contributed by atoms with E-state index in [4.69, 9.17) is 11.5 Å². The lowest BCUT2D eigenvalue weighted by molar-refractivity contribution is -0.113. The first-order valence-electron chi connectivity index (χ1n) is 6.25. The van der Waals surface area contributed by atoms with Crippen LogP contribution in [0.25, 0.3) is 0 Å². The molecule has 0 aromatic carbocycles. The zero-order valence-corrected chi connectivity index (χ0v) is 10.8. The first kappa shape index (κ1) is 15.0. The molecule has 0 saturated carbocycles. The van der Waals surface area contributed by atoms with E-state index in [-0.39, 0.29) is 0 Å². The molecule has 94 valence electrons. The largest absolute Gasteiger partial charge is 0.402 e. The number of carbonyl (C=O) groups excluding carboxylic acids is 1. The summed E-state index contributed by atoms with van der Waals surface area (Å²) in [6.07, 6.45) is 6.87. The quantitative estimate of drug-likeness (QED) is 0.624. The molecule has 4 N–H and O–H groups in total. The maximum atomic E-state index is 10.7. The van der Waals surface area contributed by atoms with Crippen molar-refractivity contribution in [3.8, 4) is 0 Å². The lowest BCUT2D eigenvalue weighted by Gasteiger charge is -2.17. The van der Waals surface area contributed by atoms with Crippen molar-refractivity contribution in [2.45, 2.75) is 52.9 Å². The normalized spacial score (nSPS) is 15.8. The minimum absolute atomic E-state index is 0.450. The monoisotopic (exact) mass is 226 g/mol. The van der Waals surface area contributed by atoms with E-state index < -0.39 is 5.91 Å². The third-order valence-corrected chi connectivity index (χ3v) is 3.19. The third-order valence-electron chi connectivity index (χ3n) is 3.19. The summed E-state index contributed by atoms with van der Waals surface area (Å²) < 4.78 is 0. The van der Waals surface area contributed by atoms with Gasteiger partial charge in [0.25, 0.3) is 0 Å². The lowest BCUT2D eigenvalue weighted by atomic mass is 9.90. The molecule has 0 aliphatic rings. The van der Waals surface area contributed by atoms with E-state index in [1.807, 2.05) is 0 Å². The third kappa shape index (κ3) is 7.32. The molecular weight excluding hydrogens is 200 g/mol. The Morgan fingerprint density at radius 2 is 1.81 bits per heavy atom. The topological polar surface area (TPSA) is 69.1 Å². The molecule has 0 spiro atoms.